The van der Waals surface area contributed by atoms with Crippen molar-refractivity contribution < 1.29 is 5.11 Å². The molecule has 0 saturated heterocycles. The van der Waals surface area contributed by atoms with Crippen LogP contribution in [0.5, 0.6) is 0 Å². The Morgan fingerprint density at radius 3 is 2.71 bits per heavy atom. The van der Waals surface area contributed by atoms with Crippen LogP contribution < -0.4 is 0 Å². The molecule has 6 heteroatoms. The summed E-state index contributed by atoms with van der Waals surface area (Å²) < 4.78 is 1.62. The van der Waals surface area contributed by atoms with Crippen molar-refractivity contribution in [2.75, 3.05) is 0 Å². The smallest absolute Gasteiger partial charge is 0.130 e. The normalized spacial score (nSPS) is 13.0. The van der Waals surface area contributed by atoms with E-state index in [1.165, 1.54) is 11.3 Å². The fourth-order valence-electron chi connectivity index (χ4n) is 1.74. The third-order valence-electron chi connectivity index (χ3n) is 2.65. The minimum absolute atomic E-state index is 0.446. The number of aliphatic hydroxyl groups is 1. The van der Waals surface area contributed by atoms with Gasteiger partial charge in [-0.15, -0.1) is 11.3 Å². The van der Waals surface area contributed by atoms with Crippen molar-refractivity contribution in [3.8, 4) is 0 Å². The maximum Gasteiger partial charge on any atom is 0.130 e. The first-order valence-corrected chi connectivity index (χ1v) is 6.53. The summed E-state index contributed by atoms with van der Waals surface area (Å²) >= 11 is 7.65. The van der Waals surface area contributed by atoms with Crippen LogP contribution in [0.15, 0.2) is 5.38 Å². The number of aromatic nitrogens is 3. The second-order valence-corrected chi connectivity index (χ2v) is 5.41. The first-order chi connectivity index (χ1) is 7.99. The Balaban J connectivity index is 2.21. The molecule has 2 aromatic rings. The second-order valence-electron chi connectivity index (χ2n) is 3.99. The maximum absolute atomic E-state index is 10.1. The maximum atomic E-state index is 10.1. The summed E-state index contributed by atoms with van der Waals surface area (Å²) in [6, 6.07) is 0. The van der Waals surface area contributed by atoms with E-state index in [4.69, 9.17) is 11.6 Å². The molecule has 1 N–H and O–H groups in total. The molecule has 92 valence electrons. The van der Waals surface area contributed by atoms with Crippen LogP contribution in [0.1, 0.15) is 28.1 Å². The van der Waals surface area contributed by atoms with Crippen molar-refractivity contribution >= 4 is 22.9 Å². The van der Waals surface area contributed by atoms with Gasteiger partial charge in [-0.05, 0) is 13.8 Å². The van der Waals surface area contributed by atoms with E-state index in [-0.39, 0.29) is 0 Å². The van der Waals surface area contributed by atoms with E-state index >= 15 is 0 Å². The van der Waals surface area contributed by atoms with E-state index in [1.54, 1.807) is 11.7 Å². The third kappa shape index (κ3) is 2.51. The Morgan fingerprint density at radius 2 is 2.24 bits per heavy atom. The predicted octanol–water partition coefficient (Wildman–Crippen LogP) is 2.42. The van der Waals surface area contributed by atoms with E-state index in [0.29, 0.717) is 17.3 Å². The largest absolute Gasteiger partial charge is 0.386 e. The minimum atomic E-state index is -0.625. The molecule has 0 spiro atoms. The number of aryl methyl sites for hydroxylation is 3. The fraction of sp³-hybridized carbons (Fsp3) is 0.455. The molecule has 2 heterocycles. The molecule has 1 atom stereocenters. The highest BCUT2D eigenvalue weighted by Crippen LogP contribution is 2.26. The molecule has 1 unspecified atom stereocenters. The molecule has 2 aromatic heterocycles. The van der Waals surface area contributed by atoms with Gasteiger partial charge in [-0.1, -0.05) is 11.6 Å². The van der Waals surface area contributed by atoms with Gasteiger partial charge in [0.15, 0.2) is 0 Å². The first-order valence-electron chi connectivity index (χ1n) is 5.27. The van der Waals surface area contributed by atoms with Gasteiger partial charge in [-0.25, -0.2) is 4.98 Å². The molecule has 2 rings (SSSR count). The molecule has 0 fully saturated rings. The van der Waals surface area contributed by atoms with Gasteiger partial charge in [0.05, 0.1) is 16.4 Å². The molecule has 0 aliphatic carbocycles. The number of nitrogens with zero attached hydrogens (tertiary/aromatic N) is 3. The lowest BCUT2D eigenvalue weighted by atomic mass is 10.1. The molecule has 17 heavy (non-hydrogen) atoms. The summed E-state index contributed by atoms with van der Waals surface area (Å²) in [5.74, 6) is 0. The fourth-order valence-corrected chi connectivity index (χ4v) is 2.65. The monoisotopic (exact) mass is 271 g/mol. The van der Waals surface area contributed by atoms with Gasteiger partial charge in [0, 0.05) is 24.4 Å². The molecular formula is C11H14ClN3OS. The zero-order valence-electron chi connectivity index (χ0n) is 9.94. The Labute approximate surface area is 109 Å². The molecule has 0 amide bonds. The van der Waals surface area contributed by atoms with Crippen LogP contribution in [0.4, 0.5) is 0 Å². The van der Waals surface area contributed by atoms with Crippen molar-refractivity contribution in [1.29, 1.82) is 0 Å². The molecule has 0 saturated carbocycles. The van der Waals surface area contributed by atoms with E-state index in [2.05, 4.69) is 10.1 Å². The lowest BCUT2D eigenvalue weighted by molar-refractivity contribution is 0.174. The lowest BCUT2D eigenvalue weighted by Crippen LogP contribution is -2.03. The zero-order valence-corrected chi connectivity index (χ0v) is 11.5. The van der Waals surface area contributed by atoms with Crippen LogP contribution >= 0.6 is 22.9 Å². The van der Waals surface area contributed by atoms with Gasteiger partial charge in [0.1, 0.15) is 11.3 Å². The average Bonchev–Trinajstić information content (AvgIpc) is 2.79. The molecule has 4 nitrogen and oxygen atoms in total. The molecule has 0 radical (unpaired) electrons. The van der Waals surface area contributed by atoms with Crippen LogP contribution in [-0.4, -0.2) is 19.9 Å². The van der Waals surface area contributed by atoms with Gasteiger partial charge >= 0.3 is 0 Å². The summed E-state index contributed by atoms with van der Waals surface area (Å²) in [5, 5.41) is 17.7. The minimum Gasteiger partial charge on any atom is -0.386 e. The first kappa shape index (κ1) is 12.5. The lowest BCUT2D eigenvalue weighted by Gasteiger charge is -2.07. The molecular weight excluding hydrogens is 258 g/mol. The SMILES string of the molecule is Cc1nc(C(O)Cc2c(C)nn(C)c2Cl)cs1. The topological polar surface area (TPSA) is 50.9 Å². The number of rotatable bonds is 3. The number of hydrogen-bond donors (Lipinski definition) is 1. The number of aliphatic hydroxyl groups excluding tert-OH is 1. The number of halogens is 1. The van der Waals surface area contributed by atoms with Gasteiger partial charge in [0.25, 0.3) is 0 Å². The highest BCUT2D eigenvalue weighted by Gasteiger charge is 2.18. The highest BCUT2D eigenvalue weighted by atomic mass is 35.5. The van der Waals surface area contributed by atoms with E-state index in [9.17, 15) is 5.11 Å². The Hall–Kier alpha value is -0.910. The highest BCUT2D eigenvalue weighted by molar-refractivity contribution is 7.09. The summed E-state index contributed by atoms with van der Waals surface area (Å²) in [5.41, 5.74) is 2.43. The van der Waals surface area contributed by atoms with Crippen LogP contribution in [0, 0.1) is 13.8 Å². The molecule has 0 aliphatic rings. The number of hydrogen-bond acceptors (Lipinski definition) is 4. The van der Waals surface area contributed by atoms with Crippen molar-refractivity contribution in [2.24, 2.45) is 7.05 Å². The molecule has 0 bridgehead atoms. The standard InChI is InChI=1S/C11H14ClN3OS/c1-6-8(11(12)15(3)14-6)4-10(16)9-5-17-7(2)13-9/h5,10,16H,4H2,1-3H3. The zero-order chi connectivity index (χ0) is 12.6. The van der Waals surface area contributed by atoms with Gasteiger partial charge < -0.3 is 5.11 Å². The van der Waals surface area contributed by atoms with Crippen LogP contribution in [0.2, 0.25) is 5.15 Å². The van der Waals surface area contributed by atoms with Gasteiger partial charge in [0.2, 0.25) is 0 Å². The van der Waals surface area contributed by atoms with E-state index in [0.717, 1.165) is 16.3 Å². The van der Waals surface area contributed by atoms with Crippen molar-refractivity contribution in [2.45, 2.75) is 26.4 Å². The molecule has 0 aliphatic heterocycles. The quantitative estimate of drug-likeness (QED) is 0.933. The summed E-state index contributed by atoms with van der Waals surface area (Å²) in [6.45, 7) is 3.81. The van der Waals surface area contributed by atoms with Crippen molar-refractivity contribution in [3.63, 3.8) is 0 Å². The van der Waals surface area contributed by atoms with Crippen LogP contribution in [0.25, 0.3) is 0 Å². The van der Waals surface area contributed by atoms with E-state index < -0.39 is 6.10 Å². The Bertz CT molecular complexity index is 535. The predicted molar refractivity (Wildman–Crippen MR) is 68.5 cm³/mol. The summed E-state index contributed by atoms with van der Waals surface area (Å²) in [7, 11) is 1.79. The molecule has 0 aromatic carbocycles. The average molecular weight is 272 g/mol. The van der Waals surface area contributed by atoms with Crippen LogP contribution in [-0.2, 0) is 13.5 Å². The summed E-state index contributed by atoms with van der Waals surface area (Å²) in [4.78, 5) is 4.27. The third-order valence-corrected chi connectivity index (χ3v) is 3.91. The van der Waals surface area contributed by atoms with Crippen molar-refractivity contribution in [3.05, 3.63) is 32.5 Å². The van der Waals surface area contributed by atoms with Crippen molar-refractivity contribution in [1.82, 2.24) is 14.8 Å². The van der Waals surface area contributed by atoms with Gasteiger partial charge in [-0.2, -0.15) is 5.10 Å². The Kier molecular flexibility index (Phi) is 3.51. The Morgan fingerprint density at radius 1 is 1.53 bits per heavy atom. The van der Waals surface area contributed by atoms with Crippen LogP contribution in [0.3, 0.4) is 0 Å². The van der Waals surface area contributed by atoms with E-state index in [1.807, 2.05) is 19.2 Å². The number of thiazole rings is 1. The second kappa shape index (κ2) is 4.76. The van der Waals surface area contributed by atoms with Gasteiger partial charge in [-0.3, -0.25) is 4.68 Å². The summed E-state index contributed by atoms with van der Waals surface area (Å²) in [6.07, 6.45) is -0.179.